The number of ether oxygens (including phenoxy) is 3. The molecule has 0 aliphatic heterocycles. The molecule has 0 rings (SSSR count). The summed E-state index contributed by atoms with van der Waals surface area (Å²) in [5.74, 6) is -0.901. The van der Waals surface area contributed by atoms with Gasteiger partial charge in [-0.25, -0.2) is 0 Å². The molecule has 474 valence electrons. The number of carbonyl (C=O) groups is 3. The number of hydrogen-bond donors (Lipinski definition) is 0. The summed E-state index contributed by atoms with van der Waals surface area (Å²) < 4.78 is 17.0. The molecule has 0 saturated carbocycles. The summed E-state index contributed by atoms with van der Waals surface area (Å²) >= 11 is 0. The van der Waals surface area contributed by atoms with E-state index in [0.717, 1.165) is 109 Å². The molecule has 0 spiro atoms. The Morgan fingerprint density at radius 1 is 0.256 bits per heavy atom. The zero-order chi connectivity index (χ0) is 59.2. The Labute approximate surface area is 509 Å². The van der Waals surface area contributed by atoms with Crippen molar-refractivity contribution in [3.63, 3.8) is 0 Å². The van der Waals surface area contributed by atoms with E-state index in [0.29, 0.717) is 19.3 Å². The largest absolute Gasteiger partial charge is 0.462 e. The van der Waals surface area contributed by atoms with E-state index in [-0.39, 0.29) is 31.1 Å². The van der Waals surface area contributed by atoms with E-state index in [1.54, 1.807) is 0 Å². The van der Waals surface area contributed by atoms with Crippen molar-refractivity contribution < 1.29 is 28.6 Å². The van der Waals surface area contributed by atoms with Crippen LogP contribution in [0, 0.1) is 0 Å². The van der Waals surface area contributed by atoms with Crippen LogP contribution in [0.5, 0.6) is 0 Å². The van der Waals surface area contributed by atoms with Crippen LogP contribution in [-0.2, 0) is 28.6 Å². The molecule has 1 unspecified atom stereocenters. The van der Waals surface area contributed by atoms with Gasteiger partial charge in [0.25, 0.3) is 0 Å². The highest BCUT2D eigenvalue weighted by molar-refractivity contribution is 5.71. The molecule has 0 bridgehead atoms. The van der Waals surface area contributed by atoms with E-state index >= 15 is 0 Å². The predicted octanol–water partition coefficient (Wildman–Crippen LogP) is 24.6. The Morgan fingerprint density at radius 2 is 0.476 bits per heavy atom. The summed E-state index contributed by atoms with van der Waals surface area (Å²) in [6.45, 7) is 6.53. The second-order valence-corrected chi connectivity index (χ2v) is 23.8. The van der Waals surface area contributed by atoms with Gasteiger partial charge in [-0.1, -0.05) is 311 Å². The summed E-state index contributed by atoms with van der Waals surface area (Å²) in [6, 6.07) is 0. The molecule has 0 heterocycles. The fourth-order valence-electron chi connectivity index (χ4n) is 10.3. The van der Waals surface area contributed by atoms with E-state index in [9.17, 15) is 14.4 Å². The van der Waals surface area contributed by atoms with Crippen molar-refractivity contribution in [2.24, 2.45) is 0 Å². The molecule has 0 fully saturated rings. The van der Waals surface area contributed by atoms with Gasteiger partial charge in [0.2, 0.25) is 0 Å². The molecule has 6 nitrogen and oxygen atoms in total. The van der Waals surface area contributed by atoms with Gasteiger partial charge >= 0.3 is 17.9 Å². The van der Waals surface area contributed by atoms with Crippen LogP contribution in [0.1, 0.15) is 361 Å². The second-order valence-electron chi connectivity index (χ2n) is 23.8. The molecule has 0 saturated heterocycles. The van der Waals surface area contributed by atoms with Crippen molar-refractivity contribution in [1.29, 1.82) is 0 Å². The zero-order valence-electron chi connectivity index (χ0n) is 54.5. The van der Waals surface area contributed by atoms with Crippen LogP contribution in [0.3, 0.4) is 0 Å². The highest BCUT2D eigenvalue weighted by Crippen LogP contribution is 2.17. The van der Waals surface area contributed by atoms with Gasteiger partial charge in [0.15, 0.2) is 6.10 Å². The van der Waals surface area contributed by atoms with Crippen molar-refractivity contribution in [1.82, 2.24) is 0 Å². The number of hydrogen-bond acceptors (Lipinski definition) is 6. The number of unbranched alkanes of at least 4 members (excludes halogenated alkanes) is 40. The first-order valence-electron chi connectivity index (χ1n) is 35.6. The van der Waals surface area contributed by atoms with Gasteiger partial charge in [-0.2, -0.15) is 0 Å². The van der Waals surface area contributed by atoms with Crippen LogP contribution < -0.4 is 0 Å². The third-order valence-electron chi connectivity index (χ3n) is 15.6. The molecule has 0 N–H and O–H groups in total. The van der Waals surface area contributed by atoms with Gasteiger partial charge in [-0.3, -0.25) is 14.4 Å². The molecule has 0 aliphatic carbocycles. The van der Waals surface area contributed by atoms with Crippen LogP contribution in [0.25, 0.3) is 0 Å². The summed E-state index contributed by atoms with van der Waals surface area (Å²) in [7, 11) is 0. The highest BCUT2D eigenvalue weighted by Gasteiger charge is 2.19. The molecule has 0 aromatic heterocycles. The number of esters is 3. The van der Waals surface area contributed by atoms with E-state index < -0.39 is 6.10 Å². The molecular weight excluding hydrogens is 1010 g/mol. The van der Waals surface area contributed by atoms with Crippen LogP contribution >= 0.6 is 0 Å². The molecule has 6 heteroatoms. The van der Waals surface area contributed by atoms with E-state index in [4.69, 9.17) is 14.2 Å². The minimum atomic E-state index is -0.794. The third kappa shape index (κ3) is 67.4. The van der Waals surface area contributed by atoms with E-state index in [2.05, 4.69) is 106 Å². The predicted molar refractivity (Wildman–Crippen MR) is 358 cm³/mol. The highest BCUT2D eigenvalue weighted by atomic mass is 16.6. The Kier molecular flexibility index (Phi) is 67.2. The summed E-state index contributed by atoms with van der Waals surface area (Å²) in [5.41, 5.74) is 0. The Morgan fingerprint density at radius 3 is 0.756 bits per heavy atom. The molecule has 1 atom stereocenters. The third-order valence-corrected chi connectivity index (χ3v) is 15.6. The molecule has 0 aromatic rings. The van der Waals surface area contributed by atoms with E-state index in [1.165, 1.54) is 212 Å². The van der Waals surface area contributed by atoms with Crippen molar-refractivity contribution in [3.05, 3.63) is 85.1 Å². The zero-order valence-corrected chi connectivity index (χ0v) is 54.5. The van der Waals surface area contributed by atoms with E-state index in [1.807, 2.05) is 0 Å². The number of allylic oxidation sites excluding steroid dienone is 14. The SMILES string of the molecule is CC/C=C\C/C=C\C/C=C\C/C=C\CCCCCCC(=O)OC(COC(=O)CCCCCCC/C=C\CCCCCCCCC)COC(=O)CCCCCCCCCCCCCCCCCCCCC/C=C\C/C=C\CCCCCCC. The number of carbonyl (C=O) groups excluding carboxylic acids is 3. The first-order valence-corrected chi connectivity index (χ1v) is 35.6. The maximum atomic E-state index is 12.9. The second kappa shape index (κ2) is 70.1. The van der Waals surface area contributed by atoms with Crippen molar-refractivity contribution >= 4 is 17.9 Å². The minimum Gasteiger partial charge on any atom is -0.462 e. The summed E-state index contributed by atoms with van der Waals surface area (Å²) in [6.07, 6.45) is 93.3. The van der Waals surface area contributed by atoms with Gasteiger partial charge in [-0.15, -0.1) is 0 Å². The lowest BCUT2D eigenvalue weighted by Crippen LogP contribution is -2.30. The van der Waals surface area contributed by atoms with Crippen LogP contribution in [-0.4, -0.2) is 37.2 Å². The first-order chi connectivity index (χ1) is 40.5. The lowest BCUT2D eigenvalue weighted by molar-refractivity contribution is -0.167. The molecule has 0 radical (unpaired) electrons. The lowest BCUT2D eigenvalue weighted by atomic mass is 10.0. The summed E-state index contributed by atoms with van der Waals surface area (Å²) in [4.78, 5) is 38.4. The minimum absolute atomic E-state index is 0.0863. The van der Waals surface area contributed by atoms with Gasteiger partial charge in [-0.05, 0) is 116 Å². The average Bonchev–Trinajstić information content (AvgIpc) is 3.47. The maximum Gasteiger partial charge on any atom is 0.306 e. The normalized spacial score (nSPS) is 12.6. The fraction of sp³-hybridized carbons (Fsp3) is 0.776. The molecular formula is C76H134O6. The topological polar surface area (TPSA) is 78.9 Å². The van der Waals surface area contributed by atoms with Crippen LogP contribution in [0.4, 0.5) is 0 Å². The molecule has 0 amide bonds. The molecule has 82 heavy (non-hydrogen) atoms. The lowest BCUT2D eigenvalue weighted by Gasteiger charge is -2.18. The Hall–Kier alpha value is -3.41. The number of rotatable bonds is 65. The van der Waals surface area contributed by atoms with Gasteiger partial charge < -0.3 is 14.2 Å². The summed E-state index contributed by atoms with van der Waals surface area (Å²) in [5, 5.41) is 0. The maximum absolute atomic E-state index is 12.9. The van der Waals surface area contributed by atoms with Crippen molar-refractivity contribution in [2.45, 2.75) is 367 Å². The van der Waals surface area contributed by atoms with Gasteiger partial charge in [0, 0.05) is 19.3 Å². The average molecular weight is 1140 g/mol. The first kappa shape index (κ1) is 78.6. The van der Waals surface area contributed by atoms with Gasteiger partial charge in [0.05, 0.1) is 0 Å². The quantitative estimate of drug-likeness (QED) is 0.0261. The van der Waals surface area contributed by atoms with Crippen LogP contribution in [0.2, 0.25) is 0 Å². The van der Waals surface area contributed by atoms with Gasteiger partial charge in [0.1, 0.15) is 13.2 Å². The Bertz CT molecular complexity index is 1550. The van der Waals surface area contributed by atoms with Crippen molar-refractivity contribution in [2.75, 3.05) is 13.2 Å². The Balaban J connectivity index is 4.24. The molecule has 0 aliphatic rings. The standard InChI is InChI=1S/C76H134O6/c1-4-7-10-13-16-19-22-25-28-31-32-33-34-35-36-37-38-39-40-41-42-43-44-46-48-51-54-57-60-63-66-69-75(78)81-72-73(71-80-74(77)68-65-62-59-56-53-50-47-30-27-24-21-18-15-12-9-6-3)82-76(79)70-67-64-61-58-55-52-49-45-29-26-23-20-17-14-11-8-5-2/h8,11,17,20,22,25-26,29-32,47,49,52,73H,4-7,9-10,12-16,18-19,21,23-24,27-28,33-46,48,50-51,53-72H2,1-3H3/b11-8-,20-17-,25-22-,29-26-,32-31-,47-30-,52-49-. The smallest absolute Gasteiger partial charge is 0.306 e. The molecule has 0 aromatic carbocycles. The van der Waals surface area contributed by atoms with Crippen LogP contribution in [0.15, 0.2) is 85.1 Å². The monoisotopic (exact) mass is 1140 g/mol. The fourth-order valence-corrected chi connectivity index (χ4v) is 10.3. The van der Waals surface area contributed by atoms with Crippen molar-refractivity contribution in [3.8, 4) is 0 Å².